The van der Waals surface area contributed by atoms with E-state index in [0.29, 0.717) is 5.69 Å². The van der Waals surface area contributed by atoms with E-state index in [-0.39, 0.29) is 22.7 Å². The van der Waals surface area contributed by atoms with Gasteiger partial charge in [-0.15, -0.1) is 0 Å². The van der Waals surface area contributed by atoms with Gasteiger partial charge in [0.1, 0.15) is 5.82 Å². The maximum atomic E-state index is 12.5. The van der Waals surface area contributed by atoms with Crippen LogP contribution in [0.1, 0.15) is 45.1 Å². The van der Waals surface area contributed by atoms with Crippen molar-refractivity contribution < 1.29 is 13.2 Å². The molecule has 1 aromatic carbocycles. The van der Waals surface area contributed by atoms with Gasteiger partial charge in [0, 0.05) is 24.8 Å². The lowest BCUT2D eigenvalue weighted by Crippen LogP contribution is -2.29. The number of nitrogens with one attached hydrogen (secondary N) is 2. The number of amides is 1. The molecular weight excluding hydrogens is 368 g/mol. The third kappa shape index (κ3) is 4.73. The van der Waals surface area contributed by atoms with Crippen LogP contribution < -0.4 is 15.7 Å². The van der Waals surface area contributed by atoms with Crippen LogP contribution in [0.25, 0.3) is 0 Å². The third-order valence-corrected chi connectivity index (χ3v) is 5.89. The number of hydrogen-bond acceptors (Lipinski definition) is 5. The summed E-state index contributed by atoms with van der Waals surface area (Å²) in [6, 6.07) is 7.35. The van der Waals surface area contributed by atoms with Gasteiger partial charge in [0.2, 0.25) is 5.91 Å². The Morgan fingerprint density at radius 1 is 1.11 bits per heavy atom. The van der Waals surface area contributed by atoms with Crippen molar-refractivity contribution in [2.24, 2.45) is 0 Å². The van der Waals surface area contributed by atoms with E-state index >= 15 is 0 Å². The van der Waals surface area contributed by atoms with Crippen molar-refractivity contribution in [3.8, 4) is 0 Å². The smallest absolute Gasteiger partial charge is 0.326 e. The fraction of sp³-hybridized carbons (Fsp3) is 0.389. The predicted octanol–water partition coefficient (Wildman–Crippen LogP) is 2.51. The molecule has 1 aliphatic rings. The highest BCUT2D eigenvalue weighted by atomic mass is 32.2. The average Bonchev–Trinajstić information content (AvgIpc) is 2.62. The zero-order valence-corrected chi connectivity index (χ0v) is 15.8. The first-order chi connectivity index (χ1) is 12.8. The lowest BCUT2D eigenvalue weighted by Gasteiger charge is -2.23. The summed E-state index contributed by atoms with van der Waals surface area (Å²) in [5, 5.41) is 2.57. The molecule has 0 atom stereocenters. The number of hydrogen-bond donors (Lipinski definition) is 2. The second-order valence-corrected chi connectivity index (χ2v) is 8.29. The first kappa shape index (κ1) is 19.1. The van der Waals surface area contributed by atoms with Gasteiger partial charge in [-0.3, -0.25) is 14.1 Å². The highest BCUT2D eigenvalue weighted by Crippen LogP contribution is 2.26. The summed E-state index contributed by atoms with van der Waals surface area (Å²) in [6.07, 6.45) is 6.82. The van der Waals surface area contributed by atoms with Crippen molar-refractivity contribution in [1.29, 1.82) is 0 Å². The monoisotopic (exact) mass is 390 g/mol. The molecule has 0 saturated heterocycles. The van der Waals surface area contributed by atoms with Crippen LogP contribution in [0.3, 0.4) is 0 Å². The topological polar surface area (TPSA) is 110 Å². The molecule has 144 valence electrons. The second-order valence-electron chi connectivity index (χ2n) is 6.61. The number of rotatable bonds is 5. The van der Waals surface area contributed by atoms with Crippen molar-refractivity contribution in [3.63, 3.8) is 0 Å². The van der Waals surface area contributed by atoms with Gasteiger partial charge in [-0.1, -0.05) is 19.3 Å². The van der Waals surface area contributed by atoms with Crippen molar-refractivity contribution in [1.82, 2.24) is 9.55 Å². The first-order valence-corrected chi connectivity index (χ1v) is 10.3. The Kier molecular flexibility index (Phi) is 5.59. The van der Waals surface area contributed by atoms with Crippen molar-refractivity contribution in [3.05, 3.63) is 47.0 Å². The Labute approximate surface area is 157 Å². The number of aromatic nitrogens is 2. The molecule has 0 radical (unpaired) electrons. The lowest BCUT2D eigenvalue weighted by molar-refractivity contribution is -0.114. The van der Waals surface area contributed by atoms with E-state index in [1.165, 1.54) is 43.7 Å². The zero-order chi connectivity index (χ0) is 19.4. The van der Waals surface area contributed by atoms with Crippen LogP contribution in [0.2, 0.25) is 0 Å². The van der Waals surface area contributed by atoms with Crippen LogP contribution in [0.5, 0.6) is 0 Å². The summed E-state index contributed by atoms with van der Waals surface area (Å²) >= 11 is 0. The van der Waals surface area contributed by atoms with Gasteiger partial charge in [0.25, 0.3) is 10.0 Å². The zero-order valence-electron chi connectivity index (χ0n) is 15.0. The Morgan fingerprint density at radius 3 is 2.37 bits per heavy atom. The number of benzene rings is 1. The SMILES string of the molecule is CC(=O)Nc1ccc(S(=O)(=O)Nc2ccn(C3CCCCC3)c(=O)n2)cc1. The molecule has 0 aliphatic heterocycles. The molecule has 3 rings (SSSR count). The van der Waals surface area contributed by atoms with Gasteiger partial charge in [0.05, 0.1) is 4.90 Å². The Morgan fingerprint density at radius 2 is 1.78 bits per heavy atom. The molecule has 1 amide bonds. The van der Waals surface area contributed by atoms with Gasteiger partial charge in [-0.25, -0.2) is 13.2 Å². The van der Waals surface area contributed by atoms with Gasteiger partial charge in [-0.2, -0.15) is 4.98 Å². The first-order valence-electron chi connectivity index (χ1n) is 8.85. The minimum atomic E-state index is -3.89. The van der Waals surface area contributed by atoms with E-state index in [9.17, 15) is 18.0 Å². The summed E-state index contributed by atoms with van der Waals surface area (Å²) in [5.41, 5.74) is 0.0396. The molecule has 2 aromatic rings. The highest BCUT2D eigenvalue weighted by Gasteiger charge is 2.19. The molecule has 1 heterocycles. The summed E-state index contributed by atoms with van der Waals surface area (Å²) in [7, 11) is -3.89. The largest absolute Gasteiger partial charge is 0.349 e. The fourth-order valence-electron chi connectivity index (χ4n) is 3.22. The van der Waals surface area contributed by atoms with Crippen LogP contribution in [0, 0.1) is 0 Å². The van der Waals surface area contributed by atoms with Gasteiger partial charge >= 0.3 is 5.69 Å². The fourth-order valence-corrected chi connectivity index (χ4v) is 4.23. The number of sulfonamides is 1. The van der Waals surface area contributed by atoms with Crippen molar-refractivity contribution in [2.45, 2.75) is 50.0 Å². The molecule has 1 fully saturated rings. The molecule has 1 aliphatic carbocycles. The maximum Gasteiger partial charge on any atom is 0.349 e. The molecule has 27 heavy (non-hydrogen) atoms. The quantitative estimate of drug-likeness (QED) is 0.815. The predicted molar refractivity (Wildman–Crippen MR) is 102 cm³/mol. The number of carbonyl (C=O) groups is 1. The Hall–Kier alpha value is -2.68. The minimum absolute atomic E-state index is 0.00913. The van der Waals surface area contributed by atoms with E-state index in [2.05, 4.69) is 15.0 Å². The summed E-state index contributed by atoms with van der Waals surface area (Å²) < 4.78 is 28.9. The molecule has 1 saturated carbocycles. The van der Waals surface area contributed by atoms with E-state index in [1.807, 2.05) is 0 Å². The molecule has 0 bridgehead atoms. The van der Waals surface area contributed by atoms with E-state index in [0.717, 1.165) is 25.7 Å². The second kappa shape index (κ2) is 7.91. The standard InChI is InChI=1S/C18H22N4O4S/c1-13(23)19-14-7-9-16(10-8-14)27(25,26)21-17-11-12-22(18(24)20-17)15-5-3-2-4-6-15/h7-12,15H,2-6H2,1H3,(H,19,23)(H,20,21,24). The number of anilines is 2. The van der Waals surface area contributed by atoms with E-state index in [4.69, 9.17) is 0 Å². The molecule has 0 unspecified atom stereocenters. The molecule has 8 nitrogen and oxygen atoms in total. The molecule has 2 N–H and O–H groups in total. The number of nitrogens with zero attached hydrogens (tertiary/aromatic N) is 2. The third-order valence-electron chi connectivity index (χ3n) is 4.52. The Bertz CT molecular complexity index is 977. The maximum absolute atomic E-state index is 12.5. The van der Waals surface area contributed by atoms with Gasteiger partial charge < -0.3 is 5.32 Å². The minimum Gasteiger partial charge on any atom is -0.326 e. The van der Waals surface area contributed by atoms with Crippen LogP contribution in [-0.4, -0.2) is 23.9 Å². The summed E-state index contributed by atoms with van der Waals surface area (Å²) in [4.78, 5) is 27.2. The van der Waals surface area contributed by atoms with Crippen LogP contribution >= 0.6 is 0 Å². The normalized spacial score (nSPS) is 15.3. The molecule has 9 heteroatoms. The van der Waals surface area contributed by atoms with Gasteiger partial charge in [-0.05, 0) is 43.2 Å². The van der Waals surface area contributed by atoms with Gasteiger partial charge in [0.15, 0.2) is 0 Å². The van der Waals surface area contributed by atoms with Crippen molar-refractivity contribution in [2.75, 3.05) is 10.0 Å². The van der Waals surface area contributed by atoms with E-state index < -0.39 is 15.7 Å². The van der Waals surface area contributed by atoms with Crippen molar-refractivity contribution >= 4 is 27.4 Å². The Balaban J connectivity index is 1.76. The average molecular weight is 390 g/mol. The van der Waals surface area contributed by atoms with Crippen LogP contribution in [0.4, 0.5) is 11.5 Å². The van der Waals surface area contributed by atoms with Crippen LogP contribution in [0.15, 0.2) is 46.2 Å². The summed E-state index contributed by atoms with van der Waals surface area (Å²) in [5.74, 6) is -0.260. The highest BCUT2D eigenvalue weighted by molar-refractivity contribution is 7.92. The molecular formula is C18H22N4O4S. The molecule has 1 aromatic heterocycles. The number of carbonyl (C=O) groups excluding carboxylic acids is 1. The lowest BCUT2D eigenvalue weighted by atomic mass is 9.95. The van der Waals surface area contributed by atoms with Crippen LogP contribution in [-0.2, 0) is 14.8 Å². The summed E-state index contributed by atoms with van der Waals surface area (Å²) in [6.45, 7) is 1.37. The molecule has 0 spiro atoms. The van der Waals surface area contributed by atoms with E-state index in [1.54, 1.807) is 10.8 Å².